The molecule has 0 unspecified atom stereocenters. The van der Waals surface area contributed by atoms with Crippen molar-refractivity contribution < 1.29 is 23.5 Å². The highest BCUT2D eigenvalue weighted by Crippen LogP contribution is 2.19. The number of rotatable bonds is 8. The number of hydrogen-bond donors (Lipinski definition) is 0. The van der Waals surface area contributed by atoms with Crippen molar-refractivity contribution >= 4 is 17.6 Å². The van der Waals surface area contributed by atoms with E-state index in [1.807, 2.05) is 6.07 Å². The molecule has 0 heterocycles. The summed E-state index contributed by atoms with van der Waals surface area (Å²) in [4.78, 5) is 25.7. The van der Waals surface area contributed by atoms with Gasteiger partial charge < -0.3 is 14.4 Å². The average Bonchev–Trinajstić information content (AvgIpc) is 2.68. The first-order chi connectivity index (χ1) is 13.1. The van der Waals surface area contributed by atoms with E-state index in [-0.39, 0.29) is 24.2 Å². The standard InChI is InChI=1S/C20H19FN2O4/c1-26-13-15-6-4-7-16(12-15)20(25)27-14-19(24)23(11-5-10-22)18-9-3-2-8-17(18)21/h2-4,6-9,12H,5,11,13-14H2,1H3. The molecule has 0 aliphatic carbocycles. The molecule has 0 saturated heterocycles. The minimum atomic E-state index is -0.671. The molecule has 6 nitrogen and oxygen atoms in total. The highest BCUT2D eigenvalue weighted by molar-refractivity contribution is 5.97. The van der Waals surface area contributed by atoms with E-state index in [0.717, 1.165) is 10.5 Å². The van der Waals surface area contributed by atoms with Crippen LogP contribution in [-0.4, -0.2) is 32.1 Å². The summed E-state index contributed by atoms with van der Waals surface area (Å²) in [6.07, 6.45) is 0.0209. The molecule has 0 bridgehead atoms. The Morgan fingerprint density at radius 3 is 2.67 bits per heavy atom. The predicted molar refractivity (Wildman–Crippen MR) is 96.4 cm³/mol. The minimum absolute atomic E-state index is 0.00284. The summed E-state index contributed by atoms with van der Waals surface area (Å²) < 4.78 is 24.1. The fraction of sp³-hybridized carbons (Fsp3) is 0.250. The SMILES string of the molecule is COCc1cccc(C(=O)OCC(=O)N(CCC#N)c2ccccc2F)c1. The Balaban J connectivity index is 2.07. The van der Waals surface area contributed by atoms with Crippen LogP contribution in [0.15, 0.2) is 48.5 Å². The average molecular weight is 370 g/mol. The van der Waals surface area contributed by atoms with Gasteiger partial charge in [0.1, 0.15) is 5.82 Å². The van der Waals surface area contributed by atoms with Crippen molar-refractivity contribution in [3.8, 4) is 6.07 Å². The van der Waals surface area contributed by atoms with Crippen molar-refractivity contribution in [2.45, 2.75) is 13.0 Å². The van der Waals surface area contributed by atoms with Gasteiger partial charge in [0.05, 0.1) is 30.3 Å². The van der Waals surface area contributed by atoms with E-state index in [1.54, 1.807) is 37.4 Å². The number of carbonyl (C=O) groups excluding carboxylic acids is 2. The van der Waals surface area contributed by atoms with Gasteiger partial charge in [-0.25, -0.2) is 9.18 Å². The molecule has 1 amide bonds. The van der Waals surface area contributed by atoms with Crippen LogP contribution in [0.5, 0.6) is 0 Å². The van der Waals surface area contributed by atoms with Crippen LogP contribution in [0.25, 0.3) is 0 Å². The monoisotopic (exact) mass is 370 g/mol. The van der Waals surface area contributed by atoms with Gasteiger partial charge in [0.15, 0.2) is 6.61 Å². The zero-order valence-electron chi connectivity index (χ0n) is 14.9. The number of amides is 1. The topological polar surface area (TPSA) is 79.6 Å². The number of ether oxygens (including phenoxy) is 2. The number of methoxy groups -OCH3 is 1. The van der Waals surface area contributed by atoms with Crippen LogP contribution in [0, 0.1) is 17.1 Å². The fourth-order valence-corrected chi connectivity index (χ4v) is 2.46. The number of benzene rings is 2. The summed E-state index contributed by atoms with van der Waals surface area (Å²) in [7, 11) is 1.54. The van der Waals surface area contributed by atoms with Crippen molar-refractivity contribution in [1.82, 2.24) is 0 Å². The van der Waals surface area contributed by atoms with Crippen molar-refractivity contribution in [2.75, 3.05) is 25.2 Å². The third kappa shape index (κ3) is 5.62. The minimum Gasteiger partial charge on any atom is -0.452 e. The van der Waals surface area contributed by atoms with Crippen molar-refractivity contribution in [1.29, 1.82) is 5.26 Å². The summed E-state index contributed by atoms with van der Waals surface area (Å²) in [6.45, 7) is -0.223. The Morgan fingerprint density at radius 2 is 1.96 bits per heavy atom. The van der Waals surface area contributed by atoms with Gasteiger partial charge >= 0.3 is 5.97 Å². The molecule has 0 aliphatic rings. The molecule has 0 spiro atoms. The Morgan fingerprint density at radius 1 is 1.19 bits per heavy atom. The molecule has 0 radical (unpaired) electrons. The first-order valence-corrected chi connectivity index (χ1v) is 8.23. The summed E-state index contributed by atoms with van der Waals surface area (Å²) in [6, 6.07) is 14.3. The Hall–Kier alpha value is -3.24. The lowest BCUT2D eigenvalue weighted by atomic mass is 10.1. The molecule has 2 aromatic carbocycles. The smallest absolute Gasteiger partial charge is 0.338 e. The van der Waals surface area contributed by atoms with E-state index >= 15 is 0 Å². The van der Waals surface area contributed by atoms with E-state index in [9.17, 15) is 14.0 Å². The van der Waals surface area contributed by atoms with Gasteiger partial charge in [0.2, 0.25) is 0 Å². The highest BCUT2D eigenvalue weighted by atomic mass is 19.1. The van der Waals surface area contributed by atoms with Gasteiger partial charge in [-0.3, -0.25) is 4.79 Å². The zero-order chi connectivity index (χ0) is 19.6. The van der Waals surface area contributed by atoms with Crippen molar-refractivity contribution in [3.63, 3.8) is 0 Å². The van der Waals surface area contributed by atoms with Crippen LogP contribution in [0.4, 0.5) is 10.1 Å². The molecule has 2 aromatic rings. The predicted octanol–water partition coefficient (Wildman–Crippen LogP) is 3.08. The number of nitrogens with zero attached hydrogens (tertiary/aromatic N) is 2. The molecule has 7 heteroatoms. The number of hydrogen-bond acceptors (Lipinski definition) is 5. The maximum absolute atomic E-state index is 14.0. The second-order valence-corrected chi connectivity index (χ2v) is 5.61. The molecule has 2 rings (SSSR count). The van der Waals surface area contributed by atoms with E-state index in [0.29, 0.717) is 6.61 Å². The molecular formula is C20H19FN2O4. The Kier molecular flexibility index (Phi) is 7.47. The lowest BCUT2D eigenvalue weighted by Crippen LogP contribution is -2.36. The molecule has 0 aliphatic heterocycles. The van der Waals surface area contributed by atoms with Gasteiger partial charge in [-0.1, -0.05) is 24.3 Å². The lowest BCUT2D eigenvalue weighted by molar-refractivity contribution is -0.121. The third-order valence-corrected chi connectivity index (χ3v) is 3.69. The normalized spacial score (nSPS) is 10.1. The van der Waals surface area contributed by atoms with Crippen LogP contribution in [0.2, 0.25) is 0 Å². The van der Waals surface area contributed by atoms with Gasteiger partial charge in [0.25, 0.3) is 5.91 Å². The summed E-state index contributed by atoms with van der Waals surface area (Å²) in [5.41, 5.74) is 1.11. The summed E-state index contributed by atoms with van der Waals surface area (Å²) in [5, 5.41) is 8.77. The molecule has 140 valence electrons. The molecule has 0 atom stereocenters. The van der Waals surface area contributed by atoms with Gasteiger partial charge in [-0.15, -0.1) is 0 Å². The number of nitriles is 1. The van der Waals surface area contributed by atoms with Crippen LogP contribution in [0.3, 0.4) is 0 Å². The van der Waals surface area contributed by atoms with Crippen LogP contribution in [0.1, 0.15) is 22.3 Å². The largest absolute Gasteiger partial charge is 0.452 e. The fourth-order valence-electron chi connectivity index (χ4n) is 2.46. The van der Waals surface area contributed by atoms with Crippen LogP contribution < -0.4 is 4.90 Å². The Bertz CT molecular complexity index is 848. The molecule has 27 heavy (non-hydrogen) atoms. The van der Waals surface area contributed by atoms with Crippen molar-refractivity contribution in [2.24, 2.45) is 0 Å². The first kappa shape index (κ1) is 20.1. The van der Waals surface area contributed by atoms with Crippen LogP contribution >= 0.6 is 0 Å². The van der Waals surface area contributed by atoms with Crippen LogP contribution in [-0.2, 0) is 20.9 Å². The quantitative estimate of drug-likeness (QED) is 0.667. The van der Waals surface area contributed by atoms with E-state index in [1.165, 1.54) is 18.2 Å². The van der Waals surface area contributed by atoms with Gasteiger partial charge in [-0.2, -0.15) is 5.26 Å². The number of para-hydroxylation sites is 1. The zero-order valence-corrected chi connectivity index (χ0v) is 14.9. The van der Waals surface area contributed by atoms with Gasteiger partial charge in [-0.05, 0) is 29.8 Å². The number of esters is 1. The molecular weight excluding hydrogens is 351 g/mol. The third-order valence-electron chi connectivity index (χ3n) is 3.69. The first-order valence-electron chi connectivity index (χ1n) is 8.23. The summed E-state index contributed by atoms with van der Waals surface area (Å²) >= 11 is 0. The van der Waals surface area contributed by atoms with E-state index in [4.69, 9.17) is 14.7 Å². The lowest BCUT2D eigenvalue weighted by Gasteiger charge is -2.22. The second kappa shape index (κ2) is 10.0. The van der Waals surface area contributed by atoms with E-state index < -0.39 is 24.3 Å². The molecule has 0 aromatic heterocycles. The Labute approximate surface area is 156 Å². The van der Waals surface area contributed by atoms with Crippen molar-refractivity contribution in [3.05, 3.63) is 65.5 Å². The maximum atomic E-state index is 14.0. The molecule has 0 saturated carbocycles. The van der Waals surface area contributed by atoms with Gasteiger partial charge in [0, 0.05) is 13.7 Å². The molecule has 0 fully saturated rings. The second-order valence-electron chi connectivity index (χ2n) is 5.61. The highest BCUT2D eigenvalue weighted by Gasteiger charge is 2.20. The number of anilines is 1. The number of halogens is 1. The van der Waals surface area contributed by atoms with E-state index in [2.05, 4.69) is 0 Å². The summed E-state index contributed by atoms with van der Waals surface area (Å²) in [5.74, 6) is -1.88. The molecule has 0 N–H and O–H groups in total. The number of carbonyl (C=O) groups is 2. The maximum Gasteiger partial charge on any atom is 0.338 e.